The first kappa shape index (κ1) is 16.6. The van der Waals surface area contributed by atoms with Crippen LogP contribution < -0.4 is 16.4 Å². The zero-order valence-corrected chi connectivity index (χ0v) is 12.5. The molecule has 0 spiro atoms. The van der Waals surface area contributed by atoms with Gasteiger partial charge in [-0.3, -0.25) is 10.1 Å². The second-order valence-electron chi connectivity index (χ2n) is 5.14. The lowest BCUT2D eigenvalue weighted by molar-refractivity contribution is -0.682. The van der Waals surface area contributed by atoms with Gasteiger partial charge in [0.05, 0.1) is 6.54 Å². The van der Waals surface area contributed by atoms with Crippen molar-refractivity contribution in [1.29, 1.82) is 0 Å². The van der Waals surface area contributed by atoms with Gasteiger partial charge in [0.15, 0.2) is 6.04 Å². The predicted octanol–water partition coefficient (Wildman–Crippen LogP) is 0.868. The van der Waals surface area contributed by atoms with Crippen LogP contribution in [0.25, 0.3) is 0 Å². The molecule has 0 unspecified atom stereocenters. The summed E-state index contributed by atoms with van der Waals surface area (Å²) < 4.78 is 12.9. The summed E-state index contributed by atoms with van der Waals surface area (Å²) in [5.74, 6) is -0.733. The Bertz CT molecular complexity index is 659. The van der Waals surface area contributed by atoms with Crippen molar-refractivity contribution in [3.63, 3.8) is 0 Å². The minimum absolute atomic E-state index is 0.277. The molecule has 6 heteroatoms. The maximum absolute atomic E-state index is 12.9. The molecule has 2 aromatic carbocycles. The molecule has 0 aliphatic heterocycles. The van der Waals surface area contributed by atoms with Crippen molar-refractivity contribution in [2.75, 3.05) is 6.54 Å². The van der Waals surface area contributed by atoms with Gasteiger partial charge in [0.1, 0.15) is 5.82 Å². The first-order valence-corrected chi connectivity index (χ1v) is 7.29. The van der Waals surface area contributed by atoms with Crippen molar-refractivity contribution in [1.82, 2.24) is 5.32 Å². The standard InChI is InChI=1S/C17H18FN3O2/c18-14-8-6-12(7-9-14)10-11-20-15(16(22)21-17(19)23)13-4-2-1-3-5-13/h1-9,15,20H,10-11H2,(H3,19,21,22,23)/p+1/t15-/m1/s1. The van der Waals surface area contributed by atoms with Crippen LogP contribution in [0.1, 0.15) is 17.2 Å². The Morgan fingerprint density at radius 2 is 1.74 bits per heavy atom. The van der Waals surface area contributed by atoms with Crippen LogP contribution in [-0.2, 0) is 11.2 Å². The quantitative estimate of drug-likeness (QED) is 0.738. The molecule has 0 heterocycles. The minimum atomic E-state index is -0.872. The second-order valence-corrected chi connectivity index (χ2v) is 5.14. The number of rotatable bonds is 6. The van der Waals surface area contributed by atoms with Crippen molar-refractivity contribution in [3.05, 3.63) is 71.5 Å². The summed E-state index contributed by atoms with van der Waals surface area (Å²) >= 11 is 0. The van der Waals surface area contributed by atoms with Crippen LogP contribution in [0.2, 0.25) is 0 Å². The molecule has 2 rings (SSSR count). The van der Waals surface area contributed by atoms with Gasteiger partial charge in [-0.1, -0.05) is 42.5 Å². The van der Waals surface area contributed by atoms with E-state index >= 15 is 0 Å². The molecule has 23 heavy (non-hydrogen) atoms. The summed E-state index contributed by atoms with van der Waals surface area (Å²) in [5.41, 5.74) is 6.78. The van der Waals surface area contributed by atoms with Gasteiger partial charge < -0.3 is 11.1 Å². The number of amides is 3. The third-order valence-corrected chi connectivity index (χ3v) is 3.44. The van der Waals surface area contributed by atoms with E-state index in [4.69, 9.17) is 5.73 Å². The summed E-state index contributed by atoms with van der Waals surface area (Å²) in [6.07, 6.45) is 0.674. The third-order valence-electron chi connectivity index (χ3n) is 3.44. The fraction of sp³-hybridized carbons (Fsp3) is 0.176. The SMILES string of the molecule is NC(=O)NC(=O)[C@H]([NH2+]CCc1ccc(F)cc1)c1ccccc1. The number of halogens is 1. The van der Waals surface area contributed by atoms with Crippen LogP contribution in [0, 0.1) is 5.82 Å². The highest BCUT2D eigenvalue weighted by Crippen LogP contribution is 2.08. The van der Waals surface area contributed by atoms with Crippen molar-refractivity contribution >= 4 is 11.9 Å². The van der Waals surface area contributed by atoms with Crippen LogP contribution in [0.15, 0.2) is 54.6 Å². The highest BCUT2D eigenvalue weighted by Gasteiger charge is 2.24. The normalized spacial score (nSPS) is 11.7. The maximum atomic E-state index is 12.9. The first-order chi connectivity index (χ1) is 11.1. The Labute approximate surface area is 133 Å². The number of carbonyl (C=O) groups excluding carboxylic acids is 2. The molecule has 120 valence electrons. The smallest absolute Gasteiger partial charge is 0.319 e. The molecule has 0 bridgehead atoms. The highest BCUT2D eigenvalue weighted by molar-refractivity contribution is 5.96. The minimum Gasteiger partial charge on any atom is -0.351 e. The summed E-state index contributed by atoms with van der Waals surface area (Å²) in [4.78, 5) is 23.1. The summed E-state index contributed by atoms with van der Waals surface area (Å²) in [5, 5.41) is 3.95. The number of urea groups is 1. The molecule has 0 aliphatic rings. The fourth-order valence-electron chi connectivity index (χ4n) is 2.32. The molecular formula is C17H19FN3O2+. The van der Waals surface area contributed by atoms with E-state index in [1.54, 1.807) is 12.1 Å². The van der Waals surface area contributed by atoms with E-state index in [1.807, 2.05) is 35.6 Å². The molecule has 1 atom stereocenters. The lowest BCUT2D eigenvalue weighted by Gasteiger charge is -2.14. The van der Waals surface area contributed by atoms with Crippen LogP contribution in [0.5, 0.6) is 0 Å². The fourth-order valence-corrected chi connectivity index (χ4v) is 2.32. The number of hydrogen-bond acceptors (Lipinski definition) is 2. The lowest BCUT2D eigenvalue weighted by Crippen LogP contribution is -2.88. The van der Waals surface area contributed by atoms with Crippen molar-refractivity contribution in [2.45, 2.75) is 12.5 Å². The van der Waals surface area contributed by atoms with Crippen LogP contribution in [0.3, 0.4) is 0 Å². The molecule has 0 aliphatic carbocycles. The highest BCUT2D eigenvalue weighted by atomic mass is 19.1. The van der Waals surface area contributed by atoms with Gasteiger partial charge >= 0.3 is 6.03 Å². The summed E-state index contributed by atoms with van der Waals surface area (Å²) in [6, 6.07) is 13.9. The van der Waals surface area contributed by atoms with Gasteiger partial charge in [-0.15, -0.1) is 0 Å². The van der Waals surface area contributed by atoms with E-state index in [9.17, 15) is 14.0 Å². The number of nitrogens with one attached hydrogen (secondary N) is 1. The Kier molecular flexibility index (Phi) is 5.82. The average molecular weight is 316 g/mol. The Hall–Kier alpha value is -2.73. The van der Waals surface area contributed by atoms with Crippen molar-refractivity contribution in [2.24, 2.45) is 5.73 Å². The number of carbonyl (C=O) groups is 2. The zero-order chi connectivity index (χ0) is 16.7. The van der Waals surface area contributed by atoms with Crippen molar-refractivity contribution < 1.29 is 19.3 Å². The molecule has 5 nitrogen and oxygen atoms in total. The molecule has 0 saturated carbocycles. The van der Waals surface area contributed by atoms with Gasteiger partial charge in [-0.25, -0.2) is 9.18 Å². The van der Waals surface area contributed by atoms with Gasteiger partial charge in [-0.2, -0.15) is 0 Å². The van der Waals surface area contributed by atoms with Gasteiger partial charge in [0.2, 0.25) is 0 Å². The average Bonchev–Trinajstić information content (AvgIpc) is 2.53. The lowest BCUT2D eigenvalue weighted by atomic mass is 10.1. The van der Waals surface area contributed by atoms with Gasteiger partial charge in [0, 0.05) is 12.0 Å². The number of nitrogens with two attached hydrogens (primary N) is 2. The maximum Gasteiger partial charge on any atom is 0.319 e. The zero-order valence-electron chi connectivity index (χ0n) is 12.5. The molecule has 0 aromatic heterocycles. The monoisotopic (exact) mass is 316 g/mol. The molecule has 0 radical (unpaired) electrons. The van der Waals surface area contributed by atoms with E-state index in [1.165, 1.54) is 12.1 Å². The van der Waals surface area contributed by atoms with E-state index < -0.39 is 18.0 Å². The number of hydrogen-bond donors (Lipinski definition) is 3. The predicted molar refractivity (Wildman–Crippen MR) is 83.8 cm³/mol. The largest absolute Gasteiger partial charge is 0.351 e. The van der Waals surface area contributed by atoms with E-state index in [2.05, 4.69) is 5.32 Å². The van der Waals surface area contributed by atoms with Gasteiger partial charge in [-0.05, 0) is 17.7 Å². The third kappa shape index (κ3) is 5.19. The molecule has 0 fully saturated rings. The molecular weight excluding hydrogens is 297 g/mol. The van der Waals surface area contributed by atoms with E-state index in [-0.39, 0.29) is 5.82 Å². The van der Waals surface area contributed by atoms with Crippen LogP contribution in [-0.4, -0.2) is 18.5 Å². The molecule has 3 amide bonds. The second kappa shape index (κ2) is 8.05. The van der Waals surface area contributed by atoms with Crippen LogP contribution >= 0.6 is 0 Å². The Morgan fingerprint density at radius 3 is 2.35 bits per heavy atom. The van der Waals surface area contributed by atoms with Crippen LogP contribution in [0.4, 0.5) is 9.18 Å². The van der Waals surface area contributed by atoms with Gasteiger partial charge in [0.25, 0.3) is 5.91 Å². The summed E-state index contributed by atoms with van der Waals surface area (Å²) in [7, 11) is 0. The molecule has 5 N–H and O–H groups in total. The van der Waals surface area contributed by atoms with E-state index in [0.717, 1.165) is 11.1 Å². The first-order valence-electron chi connectivity index (χ1n) is 7.29. The van der Waals surface area contributed by atoms with Crippen molar-refractivity contribution in [3.8, 4) is 0 Å². The Balaban J connectivity index is 2.01. The topological polar surface area (TPSA) is 88.8 Å². The molecule has 2 aromatic rings. The number of imide groups is 1. The molecule has 0 saturated heterocycles. The number of quaternary nitrogens is 1. The Morgan fingerprint density at radius 1 is 1.09 bits per heavy atom. The number of primary amides is 1. The van der Waals surface area contributed by atoms with E-state index in [0.29, 0.717) is 13.0 Å². The summed E-state index contributed by atoms with van der Waals surface area (Å²) in [6.45, 7) is 0.609. The number of benzene rings is 2.